The summed E-state index contributed by atoms with van der Waals surface area (Å²) < 4.78 is 14.9. The number of hydrogen-bond acceptors (Lipinski definition) is 6. The van der Waals surface area contributed by atoms with Gasteiger partial charge in [0.25, 0.3) is 0 Å². The van der Waals surface area contributed by atoms with Crippen LogP contribution in [0, 0.1) is 5.92 Å². The number of carbonyl (C=O) groups excluding carboxylic acids is 3. The molecule has 0 unspecified atom stereocenters. The Kier molecular flexibility index (Phi) is 9.44. The van der Waals surface area contributed by atoms with Gasteiger partial charge in [0, 0.05) is 17.0 Å². The zero-order valence-electron chi connectivity index (χ0n) is 15.1. The van der Waals surface area contributed by atoms with Crippen LogP contribution in [0.25, 0.3) is 6.08 Å². The van der Waals surface area contributed by atoms with E-state index in [2.05, 4.69) is 0 Å². The van der Waals surface area contributed by atoms with Gasteiger partial charge in [0.05, 0.1) is 19.8 Å². The third kappa shape index (κ3) is 6.88. The van der Waals surface area contributed by atoms with Crippen molar-refractivity contribution in [2.45, 2.75) is 27.2 Å². The van der Waals surface area contributed by atoms with E-state index in [1.165, 1.54) is 0 Å². The van der Waals surface area contributed by atoms with Crippen LogP contribution in [0.15, 0.2) is 29.8 Å². The molecular weight excluding hydrogens is 360 g/mol. The summed E-state index contributed by atoms with van der Waals surface area (Å²) >= 11 is 5.86. The molecule has 0 radical (unpaired) electrons. The summed E-state index contributed by atoms with van der Waals surface area (Å²) in [5.41, 5.74) is 0.851. The third-order valence-corrected chi connectivity index (χ3v) is 3.57. The molecule has 1 aromatic rings. The van der Waals surface area contributed by atoms with E-state index in [-0.39, 0.29) is 31.8 Å². The lowest BCUT2D eigenvalue weighted by Gasteiger charge is -2.16. The molecule has 0 bridgehead atoms. The molecule has 0 N–H and O–H groups in total. The molecule has 0 aromatic heterocycles. The van der Waals surface area contributed by atoms with Gasteiger partial charge in [-0.05, 0) is 44.5 Å². The van der Waals surface area contributed by atoms with Gasteiger partial charge in [0.15, 0.2) is 5.92 Å². The van der Waals surface area contributed by atoms with Gasteiger partial charge in [-0.1, -0.05) is 23.7 Å². The molecule has 7 heteroatoms. The maximum absolute atomic E-state index is 12.3. The molecule has 0 heterocycles. The summed E-state index contributed by atoms with van der Waals surface area (Å²) in [5.74, 6) is -3.33. The van der Waals surface area contributed by atoms with Gasteiger partial charge < -0.3 is 14.2 Å². The molecule has 1 aromatic carbocycles. The molecule has 0 spiro atoms. The molecule has 0 saturated carbocycles. The predicted molar refractivity (Wildman–Crippen MR) is 97.4 cm³/mol. The minimum atomic E-state index is -1.24. The molecule has 0 aliphatic heterocycles. The minimum Gasteiger partial charge on any atom is -0.465 e. The topological polar surface area (TPSA) is 78.9 Å². The van der Waals surface area contributed by atoms with Crippen molar-refractivity contribution < 1.29 is 28.6 Å². The van der Waals surface area contributed by atoms with Gasteiger partial charge in [-0.25, -0.2) is 4.79 Å². The molecule has 0 amide bonds. The smallest absolute Gasteiger partial charge is 0.334 e. The van der Waals surface area contributed by atoms with Crippen LogP contribution in [0.3, 0.4) is 0 Å². The summed E-state index contributed by atoms with van der Waals surface area (Å²) in [6.07, 6.45) is 1.37. The monoisotopic (exact) mass is 382 g/mol. The van der Waals surface area contributed by atoms with E-state index in [0.717, 1.165) is 0 Å². The Balaban J connectivity index is 3.17. The van der Waals surface area contributed by atoms with Crippen molar-refractivity contribution in [2.75, 3.05) is 19.8 Å². The second kappa shape index (κ2) is 11.3. The predicted octanol–water partition coefficient (Wildman–Crippen LogP) is 3.42. The lowest BCUT2D eigenvalue weighted by atomic mass is 9.97. The van der Waals surface area contributed by atoms with E-state index in [1.807, 2.05) is 0 Å². The van der Waals surface area contributed by atoms with E-state index < -0.39 is 23.8 Å². The second-order valence-electron chi connectivity index (χ2n) is 5.20. The second-order valence-corrected chi connectivity index (χ2v) is 5.64. The molecular formula is C19H23ClO6. The van der Waals surface area contributed by atoms with Crippen LogP contribution in [0.5, 0.6) is 0 Å². The van der Waals surface area contributed by atoms with E-state index in [1.54, 1.807) is 51.1 Å². The Bertz CT molecular complexity index is 632. The highest BCUT2D eigenvalue weighted by Gasteiger charge is 2.32. The van der Waals surface area contributed by atoms with E-state index in [4.69, 9.17) is 25.8 Å². The lowest BCUT2D eigenvalue weighted by Crippen LogP contribution is -2.29. The summed E-state index contributed by atoms with van der Waals surface area (Å²) in [6.45, 7) is 5.34. The van der Waals surface area contributed by atoms with Crippen LogP contribution in [0.1, 0.15) is 32.8 Å². The van der Waals surface area contributed by atoms with Gasteiger partial charge in [0.2, 0.25) is 0 Å². The Morgan fingerprint density at radius 1 is 0.923 bits per heavy atom. The molecule has 0 aliphatic rings. The molecule has 26 heavy (non-hydrogen) atoms. The van der Waals surface area contributed by atoms with Crippen molar-refractivity contribution in [3.63, 3.8) is 0 Å². The highest BCUT2D eigenvalue weighted by molar-refractivity contribution is 6.30. The van der Waals surface area contributed by atoms with Crippen molar-refractivity contribution >= 4 is 35.6 Å². The van der Waals surface area contributed by atoms with Crippen LogP contribution in [0.4, 0.5) is 0 Å². The first-order chi connectivity index (χ1) is 12.4. The minimum absolute atomic E-state index is 0.115. The van der Waals surface area contributed by atoms with Crippen LogP contribution < -0.4 is 0 Å². The number of benzene rings is 1. The number of carbonyl (C=O) groups is 3. The fourth-order valence-electron chi connectivity index (χ4n) is 2.15. The number of halogens is 1. The van der Waals surface area contributed by atoms with Crippen molar-refractivity contribution in [1.29, 1.82) is 0 Å². The van der Waals surface area contributed by atoms with Crippen LogP contribution in [-0.2, 0) is 28.6 Å². The molecule has 1 rings (SSSR count). The van der Waals surface area contributed by atoms with Crippen LogP contribution in [0.2, 0.25) is 5.02 Å². The van der Waals surface area contributed by atoms with Crippen molar-refractivity contribution in [1.82, 2.24) is 0 Å². The SMILES string of the molecule is CCOC(=O)/C(=C\c1ccc(Cl)cc1)CC(C(=O)OCC)C(=O)OCC. The van der Waals surface area contributed by atoms with Gasteiger partial charge >= 0.3 is 17.9 Å². The standard InChI is InChI=1S/C19H23ClO6/c1-4-24-17(21)14(11-13-7-9-15(20)10-8-13)12-16(18(22)25-5-2)19(23)26-6-3/h7-11,16H,4-6,12H2,1-3H3/b14-11-. The average molecular weight is 383 g/mol. The number of rotatable bonds is 9. The number of ether oxygens (including phenoxy) is 3. The first-order valence-electron chi connectivity index (χ1n) is 8.39. The van der Waals surface area contributed by atoms with Crippen LogP contribution >= 0.6 is 11.6 Å². The Hall–Kier alpha value is -2.34. The molecule has 142 valence electrons. The molecule has 0 atom stereocenters. The number of esters is 3. The average Bonchev–Trinajstić information content (AvgIpc) is 2.60. The van der Waals surface area contributed by atoms with Gasteiger partial charge in [-0.15, -0.1) is 0 Å². The van der Waals surface area contributed by atoms with E-state index >= 15 is 0 Å². The van der Waals surface area contributed by atoms with Gasteiger partial charge in [0.1, 0.15) is 0 Å². The van der Waals surface area contributed by atoms with Gasteiger partial charge in [-0.3, -0.25) is 9.59 Å². The summed E-state index contributed by atoms with van der Waals surface area (Å²) in [7, 11) is 0. The normalized spacial score (nSPS) is 11.2. The Morgan fingerprint density at radius 3 is 1.88 bits per heavy atom. The fraction of sp³-hybridized carbons (Fsp3) is 0.421. The quantitative estimate of drug-likeness (QED) is 0.282. The number of hydrogen-bond donors (Lipinski definition) is 0. The van der Waals surface area contributed by atoms with Crippen LogP contribution in [-0.4, -0.2) is 37.7 Å². The van der Waals surface area contributed by atoms with Crippen molar-refractivity contribution in [3.8, 4) is 0 Å². The van der Waals surface area contributed by atoms with E-state index in [0.29, 0.717) is 10.6 Å². The first kappa shape index (κ1) is 21.7. The van der Waals surface area contributed by atoms with Crippen molar-refractivity contribution in [2.24, 2.45) is 5.92 Å². The Labute approximate surface area is 158 Å². The Morgan fingerprint density at radius 2 is 1.42 bits per heavy atom. The summed E-state index contributed by atoms with van der Waals surface area (Å²) in [5, 5.41) is 0.552. The summed E-state index contributed by atoms with van der Waals surface area (Å²) in [4.78, 5) is 36.6. The maximum Gasteiger partial charge on any atom is 0.334 e. The zero-order valence-corrected chi connectivity index (χ0v) is 15.9. The molecule has 0 saturated heterocycles. The highest BCUT2D eigenvalue weighted by Crippen LogP contribution is 2.21. The lowest BCUT2D eigenvalue weighted by molar-refractivity contribution is -0.161. The molecule has 6 nitrogen and oxygen atoms in total. The molecule has 0 fully saturated rings. The van der Waals surface area contributed by atoms with Crippen molar-refractivity contribution in [3.05, 3.63) is 40.4 Å². The van der Waals surface area contributed by atoms with E-state index in [9.17, 15) is 14.4 Å². The highest BCUT2D eigenvalue weighted by atomic mass is 35.5. The zero-order chi connectivity index (χ0) is 19.5. The summed E-state index contributed by atoms with van der Waals surface area (Å²) in [6, 6.07) is 6.77. The first-order valence-corrected chi connectivity index (χ1v) is 8.77. The maximum atomic E-state index is 12.3. The largest absolute Gasteiger partial charge is 0.465 e. The van der Waals surface area contributed by atoms with Gasteiger partial charge in [-0.2, -0.15) is 0 Å². The fourth-order valence-corrected chi connectivity index (χ4v) is 2.28. The molecule has 0 aliphatic carbocycles. The third-order valence-electron chi connectivity index (χ3n) is 3.31.